The maximum Gasteiger partial charge on any atom is 0.416 e. The minimum absolute atomic E-state index is 0.165. The van der Waals surface area contributed by atoms with E-state index in [2.05, 4.69) is 4.98 Å². The molecule has 32 heavy (non-hydrogen) atoms. The number of nitrogens with two attached hydrogens (primary N) is 1. The molecule has 0 spiro atoms. The smallest absolute Gasteiger partial charge is 0.416 e. The van der Waals surface area contributed by atoms with E-state index in [4.69, 9.17) is 15.2 Å². The average molecular weight is 447 g/mol. The first-order valence-electron chi connectivity index (χ1n) is 10.5. The normalized spacial score (nSPS) is 22.4. The van der Waals surface area contributed by atoms with Gasteiger partial charge in [0, 0.05) is 18.3 Å². The van der Waals surface area contributed by atoms with Gasteiger partial charge in [-0.2, -0.15) is 0 Å². The monoisotopic (exact) mass is 447 g/mol. The second kappa shape index (κ2) is 7.64. The predicted octanol–water partition coefficient (Wildman–Crippen LogP) is 2.30. The Hall–Kier alpha value is -3.37. The lowest BCUT2D eigenvalue weighted by molar-refractivity contribution is -0.119. The summed E-state index contributed by atoms with van der Waals surface area (Å²) in [5, 5.41) is 0. The number of rotatable bonds is 4. The second-order valence-electron chi connectivity index (χ2n) is 8.13. The van der Waals surface area contributed by atoms with E-state index in [-0.39, 0.29) is 24.4 Å². The van der Waals surface area contributed by atoms with Crippen LogP contribution in [0.25, 0.3) is 11.4 Å². The molecular weight excluding hydrogens is 424 g/mol. The predicted molar refractivity (Wildman–Crippen MR) is 111 cm³/mol. The standard InChI is InChI=1S/C21H23F2N5O4/c1-11-19(28-15(17(22)23)10-32-21(28)30)25-20-13-5-4-12(9-16(13)31-8-7-26(11)20)27-6-2-3-14(27)18(24)29/h4-5,9,14-15,17H,2-3,6-8,10H2,1H3,(H2,24,29)/t14-,15-/m0/s1. The molecule has 0 aliphatic carbocycles. The van der Waals surface area contributed by atoms with Gasteiger partial charge < -0.3 is 24.7 Å². The van der Waals surface area contributed by atoms with Crippen molar-refractivity contribution < 1.29 is 27.8 Å². The van der Waals surface area contributed by atoms with Crippen molar-refractivity contribution >= 4 is 23.5 Å². The molecule has 2 amide bonds. The molecule has 0 bridgehead atoms. The van der Waals surface area contributed by atoms with Gasteiger partial charge in [0.25, 0.3) is 6.43 Å². The van der Waals surface area contributed by atoms with Crippen LogP contribution in [0.1, 0.15) is 18.5 Å². The highest BCUT2D eigenvalue weighted by Crippen LogP contribution is 2.40. The Morgan fingerprint density at radius 3 is 2.84 bits per heavy atom. The summed E-state index contributed by atoms with van der Waals surface area (Å²) in [6.45, 7) is 2.85. The molecule has 4 heterocycles. The molecular formula is C21H23F2N5O4. The average Bonchev–Trinajstić information content (AvgIpc) is 3.43. The number of imidazole rings is 1. The lowest BCUT2D eigenvalue weighted by atomic mass is 10.1. The number of fused-ring (bicyclic) bond motifs is 3. The fourth-order valence-corrected chi connectivity index (χ4v) is 4.71. The number of primary amides is 1. The molecule has 0 radical (unpaired) electrons. The summed E-state index contributed by atoms with van der Waals surface area (Å²) >= 11 is 0. The van der Waals surface area contributed by atoms with Gasteiger partial charge in [0.15, 0.2) is 5.82 Å². The van der Waals surface area contributed by atoms with E-state index in [1.807, 2.05) is 27.7 Å². The molecule has 3 aliphatic rings. The van der Waals surface area contributed by atoms with Gasteiger partial charge in [-0.05, 0) is 31.9 Å². The molecule has 1 aromatic heterocycles. The van der Waals surface area contributed by atoms with Gasteiger partial charge in [-0.3, -0.25) is 4.79 Å². The van der Waals surface area contributed by atoms with Crippen molar-refractivity contribution in [2.24, 2.45) is 5.73 Å². The van der Waals surface area contributed by atoms with E-state index >= 15 is 0 Å². The maximum atomic E-state index is 13.5. The van der Waals surface area contributed by atoms with Crippen molar-refractivity contribution in [3.05, 3.63) is 23.9 Å². The quantitative estimate of drug-likeness (QED) is 0.772. The molecule has 2 atom stereocenters. The number of ether oxygens (including phenoxy) is 2. The van der Waals surface area contributed by atoms with Crippen LogP contribution in [0.2, 0.25) is 0 Å². The minimum atomic E-state index is -2.75. The zero-order chi connectivity index (χ0) is 22.6. The van der Waals surface area contributed by atoms with Crippen molar-refractivity contribution in [2.75, 3.05) is 29.6 Å². The van der Waals surface area contributed by atoms with Crippen LogP contribution >= 0.6 is 0 Å². The summed E-state index contributed by atoms with van der Waals surface area (Å²) in [6, 6.07) is 3.82. The van der Waals surface area contributed by atoms with Crippen LogP contribution < -0.4 is 20.3 Å². The Balaban J connectivity index is 1.55. The lowest BCUT2D eigenvalue weighted by Crippen LogP contribution is -2.40. The molecule has 2 fully saturated rings. The van der Waals surface area contributed by atoms with Gasteiger partial charge in [0.1, 0.15) is 36.9 Å². The number of alkyl halides is 2. The van der Waals surface area contributed by atoms with Crippen molar-refractivity contribution in [3.63, 3.8) is 0 Å². The molecule has 5 rings (SSSR count). The van der Waals surface area contributed by atoms with E-state index < -0.39 is 18.6 Å². The number of hydrogen-bond donors (Lipinski definition) is 1. The molecule has 1 aromatic carbocycles. The summed E-state index contributed by atoms with van der Waals surface area (Å²) < 4.78 is 39.6. The number of carbonyl (C=O) groups is 2. The van der Waals surface area contributed by atoms with E-state index in [0.29, 0.717) is 42.4 Å². The highest BCUT2D eigenvalue weighted by molar-refractivity contribution is 5.91. The van der Waals surface area contributed by atoms with Crippen LogP contribution in [0.5, 0.6) is 5.75 Å². The number of carbonyl (C=O) groups excluding carboxylic acids is 2. The fraction of sp³-hybridized carbons (Fsp3) is 0.476. The van der Waals surface area contributed by atoms with Gasteiger partial charge in [-0.15, -0.1) is 0 Å². The number of benzene rings is 1. The Bertz CT molecular complexity index is 1090. The van der Waals surface area contributed by atoms with Gasteiger partial charge in [-0.25, -0.2) is 23.5 Å². The summed E-state index contributed by atoms with van der Waals surface area (Å²) in [5.74, 6) is 0.901. The number of cyclic esters (lactones) is 1. The van der Waals surface area contributed by atoms with E-state index in [1.165, 1.54) is 0 Å². The van der Waals surface area contributed by atoms with Crippen molar-refractivity contribution in [1.29, 1.82) is 0 Å². The first-order chi connectivity index (χ1) is 15.4. The molecule has 170 valence electrons. The molecule has 11 heteroatoms. The third kappa shape index (κ3) is 3.14. The summed E-state index contributed by atoms with van der Waals surface area (Å²) in [7, 11) is 0. The van der Waals surface area contributed by atoms with Crippen molar-refractivity contribution in [3.8, 4) is 17.1 Å². The van der Waals surface area contributed by atoms with Crippen LogP contribution in [-0.4, -0.2) is 59.8 Å². The molecule has 2 saturated heterocycles. The third-order valence-corrected chi connectivity index (χ3v) is 6.31. The Morgan fingerprint density at radius 2 is 2.09 bits per heavy atom. The summed E-state index contributed by atoms with van der Waals surface area (Å²) in [6.07, 6.45) is -2.00. The van der Waals surface area contributed by atoms with Gasteiger partial charge in [0.2, 0.25) is 5.91 Å². The first-order valence-corrected chi connectivity index (χ1v) is 10.5. The Labute approximate surface area is 182 Å². The van der Waals surface area contributed by atoms with Crippen LogP contribution in [-0.2, 0) is 16.1 Å². The van der Waals surface area contributed by atoms with E-state index in [0.717, 1.165) is 23.6 Å². The van der Waals surface area contributed by atoms with Crippen LogP contribution in [0, 0.1) is 6.92 Å². The summed E-state index contributed by atoms with van der Waals surface area (Å²) in [4.78, 5) is 31.5. The van der Waals surface area contributed by atoms with Crippen molar-refractivity contribution in [2.45, 2.75) is 44.8 Å². The largest absolute Gasteiger partial charge is 0.491 e. The zero-order valence-corrected chi connectivity index (χ0v) is 17.5. The highest BCUT2D eigenvalue weighted by Gasteiger charge is 2.43. The number of hydrogen-bond acceptors (Lipinski definition) is 6. The number of anilines is 2. The molecule has 0 saturated carbocycles. The SMILES string of the molecule is Cc1c(N2C(=O)OC[C@H]2C(F)F)nc2n1CCOc1cc(N3CCC[C@H]3C(N)=O)ccc1-2. The Kier molecular flexibility index (Phi) is 4.90. The number of nitrogens with zero attached hydrogens (tertiary/aromatic N) is 4. The minimum Gasteiger partial charge on any atom is -0.491 e. The summed E-state index contributed by atoms with van der Waals surface area (Å²) in [5.41, 5.74) is 7.63. The van der Waals surface area contributed by atoms with E-state index in [9.17, 15) is 18.4 Å². The van der Waals surface area contributed by atoms with Crippen LogP contribution in [0.3, 0.4) is 0 Å². The molecule has 3 aliphatic heterocycles. The molecule has 9 nitrogen and oxygen atoms in total. The second-order valence-corrected chi connectivity index (χ2v) is 8.13. The molecule has 2 N–H and O–H groups in total. The van der Waals surface area contributed by atoms with Crippen LogP contribution in [0.15, 0.2) is 18.2 Å². The molecule has 2 aromatic rings. The van der Waals surface area contributed by atoms with Gasteiger partial charge >= 0.3 is 6.09 Å². The zero-order valence-electron chi connectivity index (χ0n) is 17.5. The third-order valence-electron chi connectivity index (χ3n) is 6.31. The number of aromatic nitrogens is 2. The Morgan fingerprint density at radius 1 is 1.28 bits per heavy atom. The fourth-order valence-electron chi connectivity index (χ4n) is 4.71. The van der Waals surface area contributed by atoms with Crippen molar-refractivity contribution in [1.82, 2.24) is 9.55 Å². The maximum absolute atomic E-state index is 13.5. The lowest BCUT2D eigenvalue weighted by Gasteiger charge is -2.25. The topological polar surface area (TPSA) is 103 Å². The van der Waals surface area contributed by atoms with E-state index in [1.54, 1.807) is 6.92 Å². The van der Waals surface area contributed by atoms with Gasteiger partial charge in [-0.1, -0.05) is 0 Å². The highest BCUT2D eigenvalue weighted by atomic mass is 19.3. The first kappa shape index (κ1) is 20.5. The van der Waals surface area contributed by atoms with Gasteiger partial charge in [0.05, 0.1) is 17.8 Å². The molecule has 0 unspecified atom stereocenters. The van der Waals surface area contributed by atoms with Crippen LogP contribution in [0.4, 0.5) is 25.1 Å². The number of amides is 2. The number of halogens is 2.